The lowest BCUT2D eigenvalue weighted by molar-refractivity contribution is 0.102. The standard InChI is InChI=1S/C20H20N4OS/c1-23(2)17-8-4-6-15(12-17)19(25)21-16-7-3-5-14(11-16)18-13-24-9-10-26-20(24)22-18/h3-8,11-13H,9-10H2,1-2H3,(H,21,25). The molecule has 3 aromatic rings. The zero-order valence-corrected chi connectivity index (χ0v) is 15.6. The third kappa shape index (κ3) is 3.32. The van der Waals surface area contributed by atoms with Crippen LogP contribution in [0.2, 0.25) is 0 Å². The number of imidazole rings is 1. The van der Waals surface area contributed by atoms with E-state index >= 15 is 0 Å². The van der Waals surface area contributed by atoms with Crippen molar-refractivity contribution in [1.29, 1.82) is 0 Å². The van der Waals surface area contributed by atoms with Crippen LogP contribution in [0.5, 0.6) is 0 Å². The number of aromatic nitrogens is 2. The Balaban J connectivity index is 1.55. The van der Waals surface area contributed by atoms with Gasteiger partial charge in [0, 0.05) is 55.1 Å². The molecule has 0 saturated heterocycles. The summed E-state index contributed by atoms with van der Waals surface area (Å²) in [5.74, 6) is 0.971. The number of hydrogen-bond acceptors (Lipinski definition) is 4. The minimum absolute atomic E-state index is 0.117. The molecule has 0 spiro atoms. The van der Waals surface area contributed by atoms with Crippen molar-refractivity contribution >= 4 is 29.0 Å². The van der Waals surface area contributed by atoms with Crippen molar-refractivity contribution in [1.82, 2.24) is 9.55 Å². The van der Waals surface area contributed by atoms with Gasteiger partial charge in [-0.15, -0.1) is 0 Å². The van der Waals surface area contributed by atoms with Crippen LogP contribution in [0.3, 0.4) is 0 Å². The smallest absolute Gasteiger partial charge is 0.255 e. The summed E-state index contributed by atoms with van der Waals surface area (Å²) < 4.78 is 2.18. The molecule has 0 aliphatic carbocycles. The fourth-order valence-electron chi connectivity index (χ4n) is 2.93. The van der Waals surface area contributed by atoms with Crippen LogP contribution < -0.4 is 10.2 Å². The van der Waals surface area contributed by atoms with E-state index in [1.54, 1.807) is 11.8 Å². The Morgan fingerprint density at radius 2 is 2.04 bits per heavy atom. The first-order valence-electron chi connectivity index (χ1n) is 8.49. The molecule has 5 nitrogen and oxygen atoms in total. The molecule has 2 aromatic carbocycles. The number of hydrogen-bond donors (Lipinski definition) is 1. The van der Waals surface area contributed by atoms with E-state index in [0.29, 0.717) is 5.56 Å². The van der Waals surface area contributed by atoms with Crippen molar-refractivity contribution < 1.29 is 4.79 Å². The van der Waals surface area contributed by atoms with Crippen LogP contribution in [-0.2, 0) is 6.54 Å². The molecule has 0 radical (unpaired) electrons. The molecule has 132 valence electrons. The number of amides is 1. The number of nitrogens with one attached hydrogen (secondary N) is 1. The monoisotopic (exact) mass is 364 g/mol. The van der Waals surface area contributed by atoms with Gasteiger partial charge in [-0.2, -0.15) is 0 Å². The lowest BCUT2D eigenvalue weighted by Gasteiger charge is -2.13. The maximum absolute atomic E-state index is 12.6. The molecule has 2 heterocycles. The molecule has 1 aromatic heterocycles. The van der Waals surface area contributed by atoms with Gasteiger partial charge < -0.3 is 14.8 Å². The largest absolute Gasteiger partial charge is 0.378 e. The van der Waals surface area contributed by atoms with Crippen LogP contribution in [0.1, 0.15) is 10.4 Å². The van der Waals surface area contributed by atoms with Crippen LogP contribution in [-0.4, -0.2) is 35.3 Å². The van der Waals surface area contributed by atoms with E-state index in [1.165, 1.54) is 0 Å². The van der Waals surface area contributed by atoms with Crippen LogP contribution in [0.25, 0.3) is 11.3 Å². The molecule has 0 unspecified atom stereocenters. The normalized spacial score (nSPS) is 12.7. The molecular formula is C20H20N4OS. The summed E-state index contributed by atoms with van der Waals surface area (Å²) in [7, 11) is 3.92. The lowest BCUT2D eigenvalue weighted by Crippen LogP contribution is -2.14. The van der Waals surface area contributed by atoms with E-state index in [-0.39, 0.29) is 5.91 Å². The van der Waals surface area contributed by atoms with Crippen LogP contribution >= 0.6 is 11.8 Å². The summed E-state index contributed by atoms with van der Waals surface area (Å²) in [6.45, 7) is 1.01. The topological polar surface area (TPSA) is 50.2 Å². The Labute approximate surface area is 157 Å². The highest BCUT2D eigenvalue weighted by Crippen LogP contribution is 2.30. The first kappa shape index (κ1) is 16.7. The van der Waals surface area contributed by atoms with Crippen molar-refractivity contribution in [3.63, 3.8) is 0 Å². The van der Waals surface area contributed by atoms with Gasteiger partial charge in [-0.1, -0.05) is 30.0 Å². The predicted molar refractivity (Wildman–Crippen MR) is 107 cm³/mol. The second-order valence-corrected chi connectivity index (χ2v) is 7.49. The number of anilines is 2. The Morgan fingerprint density at radius 3 is 2.85 bits per heavy atom. The Kier molecular flexibility index (Phi) is 4.42. The molecule has 1 N–H and O–H groups in total. The highest BCUT2D eigenvalue weighted by Gasteiger charge is 2.15. The number of carbonyl (C=O) groups is 1. The molecule has 26 heavy (non-hydrogen) atoms. The van der Waals surface area contributed by atoms with Gasteiger partial charge in [0.05, 0.1) is 5.69 Å². The molecule has 0 fully saturated rings. The summed E-state index contributed by atoms with van der Waals surface area (Å²) >= 11 is 1.78. The number of carbonyl (C=O) groups excluding carboxylic acids is 1. The minimum atomic E-state index is -0.117. The summed E-state index contributed by atoms with van der Waals surface area (Å²) in [5, 5.41) is 4.05. The highest BCUT2D eigenvalue weighted by atomic mass is 32.2. The third-order valence-electron chi connectivity index (χ3n) is 4.34. The number of nitrogens with zero attached hydrogens (tertiary/aromatic N) is 3. The summed E-state index contributed by atoms with van der Waals surface area (Å²) in [5.41, 5.74) is 4.35. The maximum Gasteiger partial charge on any atom is 0.255 e. The van der Waals surface area contributed by atoms with Crippen LogP contribution in [0.4, 0.5) is 11.4 Å². The second kappa shape index (κ2) is 6.88. The van der Waals surface area contributed by atoms with Crippen LogP contribution in [0, 0.1) is 0 Å². The average molecular weight is 364 g/mol. The lowest BCUT2D eigenvalue weighted by atomic mass is 10.1. The van der Waals surface area contributed by atoms with E-state index in [2.05, 4.69) is 21.1 Å². The fourth-order valence-corrected chi connectivity index (χ4v) is 3.88. The number of aryl methyl sites for hydroxylation is 1. The SMILES string of the molecule is CN(C)c1cccc(C(=O)Nc2cccc(-c3cn4c(n3)SCC4)c2)c1. The molecule has 0 saturated carbocycles. The van der Waals surface area contributed by atoms with Crippen molar-refractivity contribution in [2.24, 2.45) is 0 Å². The molecule has 1 aliphatic heterocycles. The van der Waals surface area contributed by atoms with E-state index in [1.807, 2.05) is 67.5 Å². The van der Waals surface area contributed by atoms with Gasteiger partial charge in [0.15, 0.2) is 5.16 Å². The molecule has 1 amide bonds. The van der Waals surface area contributed by atoms with Gasteiger partial charge in [0.2, 0.25) is 0 Å². The van der Waals surface area contributed by atoms with E-state index in [9.17, 15) is 4.79 Å². The van der Waals surface area contributed by atoms with E-state index in [0.717, 1.165) is 40.1 Å². The molecule has 1 aliphatic rings. The molecule has 0 atom stereocenters. The molecule has 4 rings (SSSR count). The van der Waals surface area contributed by atoms with Crippen molar-refractivity contribution in [2.45, 2.75) is 11.7 Å². The fraction of sp³-hybridized carbons (Fsp3) is 0.200. The zero-order valence-electron chi connectivity index (χ0n) is 14.8. The van der Waals surface area contributed by atoms with Gasteiger partial charge >= 0.3 is 0 Å². The minimum Gasteiger partial charge on any atom is -0.378 e. The number of benzene rings is 2. The van der Waals surface area contributed by atoms with Gasteiger partial charge in [0.25, 0.3) is 5.91 Å². The molecule has 0 bridgehead atoms. The first-order chi connectivity index (χ1) is 12.6. The van der Waals surface area contributed by atoms with Gasteiger partial charge in [-0.05, 0) is 30.3 Å². The average Bonchev–Trinajstić information content (AvgIpc) is 3.24. The van der Waals surface area contributed by atoms with E-state index in [4.69, 9.17) is 0 Å². The first-order valence-corrected chi connectivity index (χ1v) is 9.48. The quantitative estimate of drug-likeness (QED) is 0.761. The summed E-state index contributed by atoms with van der Waals surface area (Å²) in [6, 6.07) is 15.4. The molecule has 6 heteroatoms. The van der Waals surface area contributed by atoms with Crippen molar-refractivity contribution in [2.75, 3.05) is 30.1 Å². The van der Waals surface area contributed by atoms with Gasteiger partial charge in [0.1, 0.15) is 0 Å². The second-order valence-electron chi connectivity index (χ2n) is 6.43. The molecular weight excluding hydrogens is 344 g/mol. The van der Waals surface area contributed by atoms with Gasteiger partial charge in [-0.3, -0.25) is 4.79 Å². The number of rotatable bonds is 4. The number of thioether (sulfide) groups is 1. The summed E-state index contributed by atoms with van der Waals surface area (Å²) in [4.78, 5) is 19.3. The Bertz CT molecular complexity index is 942. The Hall–Kier alpha value is -2.73. The highest BCUT2D eigenvalue weighted by molar-refractivity contribution is 7.99. The van der Waals surface area contributed by atoms with Crippen molar-refractivity contribution in [3.8, 4) is 11.3 Å². The predicted octanol–water partition coefficient (Wildman–Crippen LogP) is 3.97. The number of fused-ring (bicyclic) bond motifs is 1. The third-order valence-corrected chi connectivity index (χ3v) is 5.31. The summed E-state index contributed by atoms with van der Waals surface area (Å²) in [6.07, 6.45) is 2.08. The maximum atomic E-state index is 12.6. The van der Waals surface area contributed by atoms with E-state index < -0.39 is 0 Å². The Morgan fingerprint density at radius 1 is 1.19 bits per heavy atom. The zero-order chi connectivity index (χ0) is 18.1. The van der Waals surface area contributed by atoms with Crippen LogP contribution in [0.15, 0.2) is 59.9 Å². The van der Waals surface area contributed by atoms with Crippen molar-refractivity contribution in [3.05, 3.63) is 60.3 Å². The van der Waals surface area contributed by atoms with Gasteiger partial charge in [-0.25, -0.2) is 4.98 Å².